The molecule has 1 amide bonds. The number of hydrogen-bond acceptors (Lipinski definition) is 2. The van der Waals surface area contributed by atoms with Gasteiger partial charge in [0.05, 0.1) is 6.61 Å². The molecule has 0 aromatic rings. The Labute approximate surface area is 97.5 Å². The normalized spacial score (nSPS) is 27.9. The summed E-state index contributed by atoms with van der Waals surface area (Å²) in [5.74, 6) is 1.34. The van der Waals surface area contributed by atoms with Crippen molar-refractivity contribution in [2.24, 2.45) is 11.8 Å². The molecule has 0 N–H and O–H groups in total. The van der Waals surface area contributed by atoms with Crippen LogP contribution in [0.1, 0.15) is 32.6 Å². The van der Waals surface area contributed by atoms with E-state index in [-0.39, 0.29) is 6.09 Å². The molecule has 2 atom stereocenters. The van der Waals surface area contributed by atoms with Gasteiger partial charge in [-0.05, 0) is 31.1 Å². The Kier molecular flexibility index (Phi) is 3.86. The second kappa shape index (κ2) is 5.37. The maximum atomic E-state index is 11.7. The van der Waals surface area contributed by atoms with Gasteiger partial charge in [0.25, 0.3) is 0 Å². The minimum Gasteiger partial charge on any atom is -0.449 e. The Bertz CT molecular complexity index is 259. The highest BCUT2D eigenvalue weighted by Crippen LogP contribution is 2.32. The van der Waals surface area contributed by atoms with Gasteiger partial charge in [0, 0.05) is 13.1 Å². The highest BCUT2D eigenvalue weighted by molar-refractivity contribution is 5.68. The third-order valence-electron chi connectivity index (χ3n) is 3.60. The molecule has 0 aromatic heterocycles. The van der Waals surface area contributed by atoms with Crippen molar-refractivity contribution in [1.29, 1.82) is 0 Å². The Balaban J connectivity index is 1.77. The summed E-state index contributed by atoms with van der Waals surface area (Å²) in [5, 5.41) is 0. The molecule has 2 unspecified atom stereocenters. The number of fused-ring (bicyclic) bond motifs is 1. The first-order valence-corrected chi connectivity index (χ1v) is 6.38. The van der Waals surface area contributed by atoms with Crippen molar-refractivity contribution >= 4 is 6.09 Å². The van der Waals surface area contributed by atoms with Gasteiger partial charge in [-0.15, -0.1) is 0 Å². The molecular formula is C13H21NO2. The zero-order valence-corrected chi connectivity index (χ0v) is 10.0. The highest BCUT2D eigenvalue weighted by atomic mass is 16.6. The third-order valence-corrected chi connectivity index (χ3v) is 3.60. The number of likely N-dealkylation sites (tertiary alicyclic amines) is 1. The van der Waals surface area contributed by atoms with E-state index in [9.17, 15) is 4.79 Å². The number of carbonyl (C=O) groups is 1. The summed E-state index contributed by atoms with van der Waals surface area (Å²) >= 11 is 0. The molecule has 3 heteroatoms. The van der Waals surface area contributed by atoms with Crippen LogP contribution < -0.4 is 0 Å². The summed E-state index contributed by atoms with van der Waals surface area (Å²) < 4.78 is 5.24. The number of ether oxygens (including phenoxy) is 1. The van der Waals surface area contributed by atoms with E-state index >= 15 is 0 Å². The van der Waals surface area contributed by atoms with E-state index in [0.717, 1.165) is 38.8 Å². The van der Waals surface area contributed by atoms with Gasteiger partial charge in [-0.25, -0.2) is 4.79 Å². The van der Waals surface area contributed by atoms with Crippen molar-refractivity contribution in [3.63, 3.8) is 0 Å². The number of rotatable bonds is 3. The molecule has 16 heavy (non-hydrogen) atoms. The van der Waals surface area contributed by atoms with Gasteiger partial charge < -0.3 is 9.64 Å². The van der Waals surface area contributed by atoms with E-state index in [0.29, 0.717) is 18.4 Å². The molecular weight excluding hydrogens is 202 g/mol. The lowest BCUT2D eigenvalue weighted by Gasteiger charge is -2.17. The lowest BCUT2D eigenvalue weighted by Crippen LogP contribution is -2.29. The van der Waals surface area contributed by atoms with Gasteiger partial charge in [0.2, 0.25) is 0 Å². The number of unbranched alkanes of at least 4 members (excludes halogenated alkanes) is 1. The minimum absolute atomic E-state index is 0.108. The summed E-state index contributed by atoms with van der Waals surface area (Å²) in [4.78, 5) is 13.6. The summed E-state index contributed by atoms with van der Waals surface area (Å²) in [6.45, 7) is 4.45. The van der Waals surface area contributed by atoms with Crippen LogP contribution in [-0.2, 0) is 4.74 Å². The van der Waals surface area contributed by atoms with E-state index in [2.05, 4.69) is 19.1 Å². The van der Waals surface area contributed by atoms with Crippen LogP contribution >= 0.6 is 0 Å². The first-order valence-electron chi connectivity index (χ1n) is 6.38. The van der Waals surface area contributed by atoms with Crippen molar-refractivity contribution in [2.45, 2.75) is 32.6 Å². The second-order valence-electron chi connectivity index (χ2n) is 4.84. The molecule has 1 heterocycles. The molecule has 0 radical (unpaired) electrons. The summed E-state index contributed by atoms with van der Waals surface area (Å²) in [6.07, 6.45) is 8.67. The number of allylic oxidation sites excluding steroid dienone is 2. The van der Waals surface area contributed by atoms with Crippen molar-refractivity contribution in [1.82, 2.24) is 4.90 Å². The van der Waals surface area contributed by atoms with Crippen LogP contribution in [-0.4, -0.2) is 30.7 Å². The first kappa shape index (κ1) is 11.5. The average molecular weight is 223 g/mol. The van der Waals surface area contributed by atoms with Crippen LogP contribution in [0, 0.1) is 11.8 Å². The molecule has 3 nitrogen and oxygen atoms in total. The van der Waals surface area contributed by atoms with Crippen LogP contribution in [0.4, 0.5) is 4.79 Å². The maximum absolute atomic E-state index is 11.7. The van der Waals surface area contributed by atoms with E-state index < -0.39 is 0 Å². The van der Waals surface area contributed by atoms with Gasteiger partial charge in [-0.2, -0.15) is 0 Å². The Morgan fingerprint density at radius 2 is 1.94 bits per heavy atom. The van der Waals surface area contributed by atoms with Crippen LogP contribution in [0.2, 0.25) is 0 Å². The van der Waals surface area contributed by atoms with E-state index in [1.165, 1.54) is 0 Å². The number of carbonyl (C=O) groups excluding carboxylic acids is 1. The monoisotopic (exact) mass is 223 g/mol. The van der Waals surface area contributed by atoms with Crippen LogP contribution in [0.15, 0.2) is 12.2 Å². The zero-order valence-electron chi connectivity index (χ0n) is 10.0. The summed E-state index contributed by atoms with van der Waals surface area (Å²) in [7, 11) is 0. The summed E-state index contributed by atoms with van der Waals surface area (Å²) in [5.41, 5.74) is 0. The Morgan fingerprint density at radius 1 is 1.31 bits per heavy atom. The van der Waals surface area contributed by atoms with Gasteiger partial charge >= 0.3 is 6.09 Å². The number of hydrogen-bond donors (Lipinski definition) is 0. The first-order chi connectivity index (χ1) is 7.81. The molecule has 0 spiro atoms. The lowest BCUT2D eigenvalue weighted by atomic mass is 9.86. The molecule has 1 fully saturated rings. The Hall–Kier alpha value is -0.990. The van der Waals surface area contributed by atoms with Gasteiger partial charge in [0.1, 0.15) is 0 Å². The SMILES string of the molecule is CCCCOC(=O)N1CC2CC=CCC2C1. The zero-order chi connectivity index (χ0) is 11.4. The van der Waals surface area contributed by atoms with Crippen LogP contribution in [0.3, 0.4) is 0 Å². The fourth-order valence-electron chi connectivity index (χ4n) is 2.56. The third kappa shape index (κ3) is 2.57. The highest BCUT2D eigenvalue weighted by Gasteiger charge is 2.35. The molecule has 90 valence electrons. The van der Waals surface area contributed by atoms with Crippen molar-refractivity contribution in [2.75, 3.05) is 19.7 Å². The van der Waals surface area contributed by atoms with Crippen LogP contribution in [0.25, 0.3) is 0 Å². The molecule has 0 aromatic carbocycles. The van der Waals surface area contributed by atoms with Crippen molar-refractivity contribution in [3.8, 4) is 0 Å². The molecule has 2 aliphatic rings. The molecule has 1 aliphatic carbocycles. The predicted octanol–water partition coefficient (Wildman–Crippen LogP) is 2.82. The Morgan fingerprint density at radius 3 is 2.50 bits per heavy atom. The van der Waals surface area contributed by atoms with Crippen molar-refractivity contribution in [3.05, 3.63) is 12.2 Å². The van der Waals surface area contributed by atoms with Gasteiger partial charge in [-0.1, -0.05) is 25.5 Å². The second-order valence-corrected chi connectivity index (χ2v) is 4.84. The fraction of sp³-hybridized carbons (Fsp3) is 0.769. The van der Waals surface area contributed by atoms with E-state index in [1.807, 2.05) is 4.90 Å². The molecule has 1 aliphatic heterocycles. The molecule has 2 rings (SSSR count). The quantitative estimate of drug-likeness (QED) is 0.544. The largest absolute Gasteiger partial charge is 0.449 e. The van der Waals surface area contributed by atoms with E-state index in [4.69, 9.17) is 4.74 Å². The topological polar surface area (TPSA) is 29.5 Å². The lowest BCUT2D eigenvalue weighted by molar-refractivity contribution is 0.107. The standard InChI is InChI=1S/C13H21NO2/c1-2-3-8-16-13(15)14-9-11-6-4-5-7-12(11)10-14/h4-5,11-12H,2-3,6-10H2,1H3. The minimum atomic E-state index is -0.108. The van der Waals surface area contributed by atoms with Crippen molar-refractivity contribution < 1.29 is 9.53 Å². The molecule has 1 saturated heterocycles. The van der Waals surface area contributed by atoms with E-state index in [1.54, 1.807) is 0 Å². The van der Waals surface area contributed by atoms with Crippen LogP contribution in [0.5, 0.6) is 0 Å². The summed E-state index contributed by atoms with van der Waals surface area (Å²) in [6, 6.07) is 0. The van der Waals surface area contributed by atoms with Gasteiger partial charge in [0.15, 0.2) is 0 Å². The average Bonchev–Trinajstić information content (AvgIpc) is 2.73. The smallest absolute Gasteiger partial charge is 0.409 e. The molecule has 0 saturated carbocycles. The number of amides is 1. The number of nitrogens with zero attached hydrogens (tertiary/aromatic N) is 1. The maximum Gasteiger partial charge on any atom is 0.409 e. The predicted molar refractivity (Wildman–Crippen MR) is 63.2 cm³/mol. The fourth-order valence-corrected chi connectivity index (χ4v) is 2.56. The molecule has 0 bridgehead atoms. The van der Waals surface area contributed by atoms with Gasteiger partial charge in [-0.3, -0.25) is 0 Å².